The van der Waals surface area contributed by atoms with Crippen molar-refractivity contribution in [1.29, 1.82) is 0 Å². The van der Waals surface area contributed by atoms with Gasteiger partial charge in [0, 0.05) is 25.2 Å². The Morgan fingerprint density at radius 1 is 0.811 bits per heavy atom. The first-order valence-electron chi connectivity index (χ1n) is 12.7. The van der Waals surface area contributed by atoms with Gasteiger partial charge in [0.25, 0.3) is 5.56 Å². The summed E-state index contributed by atoms with van der Waals surface area (Å²) >= 11 is 0. The molecule has 37 heavy (non-hydrogen) atoms. The molecule has 1 N–H and O–H groups in total. The molecule has 3 atom stereocenters. The summed E-state index contributed by atoms with van der Waals surface area (Å²) in [7, 11) is 0. The lowest BCUT2D eigenvalue weighted by molar-refractivity contribution is 0.398. The van der Waals surface area contributed by atoms with Gasteiger partial charge in [-0.25, -0.2) is 10.4 Å². The fraction of sp³-hybridized carbons (Fsp3) is 0.161. The molecule has 7 rings (SSSR count). The van der Waals surface area contributed by atoms with E-state index in [9.17, 15) is 4.79 Å². The van der Waals surface area contributed by atoms with Gasteiger partial charge in [0.2, 0.25) is 0 Å². The summed E-state index contributed by atoms with van der Waals surface area (Å²) in [6.45, 7) is 1.47. The molecular formula is C31H27N5O. The molecule has 1 fully saturated rings. The minimum atomic E-state index is -0.162. The quantitative estimate of drug-likeness (QED) is 0.382. The summed E-state index contributed by atoms with van der Waals surface area (Å²) in [4.78, 5) is 21.4. The van der Waals surface area contributed by atoms with Crippen molar-refractivity contribution in [1.82, 2.24) is 14.8 Å². The third-order valence-electron chi connectivity index (χ3n) is 7.57. The zero-order valence-electron chi connectivity index (χ0n) is 20.3. The summed E-state index contributed by atoms with van der Waals surface area (Å²) in [6, 6.07) is 37.0. The van der Waals surface area contributed by atoms with Crippen molar-refractivity contribution in [2.24, 2.45) is 5.92 Å². The number of para-hydroxylation sites is 1. The molecule has 0 aliphatic carbocycles. The molecular weight excluding hydrogens is 458 g/mol. The van der Waals surface area contributed by atoms with Crippen molar-refractivity contribution in [3.05, 3.63) is 142 Å². The van der Waals surface area contributed by atoms with Crippen LogP contribution in [0, 0.1) is 5.92 Å². The Balaban J connectivity index is 1.42. The van der Waals surface area contributed by atoms with E-state index in [1.165, 1.54) is 11.1 Å². The van der Waals surface area contributed by atoms with Crippen molar-refractivity contribution < 1.29 is 0 Å². The Hall–Kier alpha value is -4.42. The Morgan fingerprint density at radius 2 is 1.49 bits per heavy atom. The van der Waals surface area contributed by atoms with Crippen LogP contribution in [0.3, 0.4) is 0 Å². The number of hydrogen-bond acceptors (Lipinski definition) is 5. The number of nitrogens with zero attached hydrogens (tertiary/aromatic N) is 4. The standard InChI is InChI=1S/C31H27N5O/c37-31-27-28-25(29(23-14-6-2-7-15-23)36(33-28)24-16-8-3-9-17-24)21-34(20-22-12-4-1-5-13-22)30(27)32-26-18-10-11-19-35(26)31/h1-19,25,28-29,33H,20-21H2/t25-,28-,29-/m1/s1. The van der Waals surface area contributed by atoms with E-state index in [0.717, 1.165) is 23.6 Å². The third kappa shape index (κ3) is 3.69. The largest absolute Gasteiger partial charge is 0.351 e. The molecule has 2 aromatic heterocycles. The van der Waals surface area contributed by atoms with Gasteiger partial charge in [0.15, 0.2) is 0 Å². The maximum atomic E-state index is 14.0. The van der Waals surface area contributed by atoms with Crippen molar-refractivity contribution in [2.45, 2.75) is 18.6 Å². The summed E-state index contributed by atoms with van der Waals surface area (Å²) in [5.74, 6) is 0.908. The van der Waals surface area contributed by atoms with E-state index in [4.69, 9.17) is 4.98 Å². The maximum absolute atomic E-state index is 14.0. The molecule has 0 unspecified atom stereocenters. The van der Waals surface area contributed by atoms with Gasteiger partial charge in [0.1, 0.15) is 11.5 Å². The Morgan fingerprint density at radius 3 is 2.24 bits per heavy atom. The lowest BCUT2D eigenvalue weighted by atomic mass is 9.83. The number of benzene rings is 3. The molecule has 0 saturated carbocycles. The highest BCUT2D eigenvalue weighted by Gasteiger charge is 2.49. The van der Waals surface area contributed by atoms with E-state index in [-0.39, 0.29) is 23.6 Å². The predicted octanol–water partition coefficient (Wildman–Crippen LogP) is 5.14. The SMILES string of the molecule is O=c1c2c(nc3ccccn13)N(Cc1ccccc1)C[C@H]1[C@@H](c3ccccc3)N(c3ccccc3)N[C@@H]21. The summed E-state index contributed by atoms with van der Waals surface area (Å²) in [5, 5.41) is 2.25. The average Bonchev–Trinajstić information content (AvgIpc) is 3.34. The molecule has 6 heteroatoms. The van der Waals surface area contributed by atoms with Gasteiger partial charge in [0.05, 0.1) is 23.3 Å². The van der Waals surface area contributed by atoms with Crippen LogP contribution in [0.1, 0.15) is 28.8 Å². The fourth-order valence-electron chi connectivity index (χ4n) is 5.94. The highest BCUT2D eigenvalue weighted by atomic mass is 16.1. The maximum Gasteiger partial charge on any atom is 0.264 e. The number of hydrogen-bond donors (Lipinski definition) is 1. The monoisotopic (exact) mass is 485 g/mol. The number of hydrazine groups is 1. The number of pyridine rings is 1. The van der Waals surface area contributed by atoms with Crippen LogP contribution in [-0.4, -0.2) is 15.9 Å². The number of anilines is 2. The summed E-state index contributed by atoms with van der Waals surface area (Å²) < 4.78 is 1.67. The molecule has 4 heterocycles. The van der Waals surface area contributed by atoms with Gasteiger partial charge < -0.3 is 4.90 Å². The Kier molecular flexibility index (Phi) is 5.26. The van der Waals surface area contributed by atoms with Crippen molar-refractivity contribution in [2.75, 3.05) is 16.5 Å². The van der Waals surface area contributed by atoms with Crippen LogP contribution >= 0.6 is 0 Å². The highest BCUT2D eigenvalue weighted by molar-refractivity contribution is 5.60. The lowest BCUT2D eigenvalue weighted by Crippen LogP contribution is -2.43. The first-order chi connectivity index (χ1) is 18.3. The second kappa shape index (κ2) is 8.91. The minimum Gasteiger partial charge on any atom is -0.351 e. The summed E-state index contributed by atoms with van der Waals surface area (Å²) in [6.07, 6.45) is 1.81. The number of fused-ring (bicyclic) bond motifs is 4. The number of aromatic nitrogens is 2. The molecule has 1 saturated heterocycles. The highest BCUT2D eigenvalue weighted by Crippen LogP contribution is 2.49. The van der Waals surface area contributed by atoms with Crippen LogP contribution in [-0.2, 0) is 6.54 Å². The van der Waals surface area contributed by atoms with Crippen molar-refractivity contribution >= 4 is 17.2 Å². The van der Waals surface area contributed by atoms with E-state index in [1.807, 2.05) is 36.5 Å². The van der Waals surface area contributed by atoms with Crippen molar-refractivity contribution in [3.8, 4) is 0 Å². The molecule has 2 aliphatic heterocycles. The zero-order valence-corrected chi connectivity index (χ0v) is 20.3. The smallest absolute Gasteiger partial charge is 0.264 e. The molecule has 0 radical (unpaired) electrons. The van der Waals surface area contributed by atoms with Gasteiger partial charge in [-0.3, -0.25) is 14.2 Å². The second-order valence-electron chi connectivity index (χ2n) is 9.78. The Bertz CT molecular complexity index is 1600. The van der Waals surface area contributed by atoms with Crippen LogP contribution in [0.4, 0.5) is 11.5 Å². The van der Waals surface area contributed by atoms with Gasteiger partial charge in [-0.15, -0.1) is 0 Å². The molecule has 5 aromatic rings. The molecule has 0 spiro atoms. The normalized spacial score (nSPS) is 20.6. The molecule has 182 valence electrons. The second-order valence-corrected chi connectivity index (χ2v) is 9.78. The fourth-order valence-corrected chi connectivity index (χ4v) is 5.94. The van der Waals surface area contributed by atoms with E-state index in [2.05, 4.69) is 94.2 Å². The molecule has 6 nitrogen and oxygen atoms in total. The van der Waals surface area contributed by atoms with E-state index >= 15 is 0 Å². The number of rotatable bonds is 4. The van der Waals surface area contributed by atoms with Crippen molar-refractivity contribution in [3.63, 3.8) is 0 Å². The third-order valence-corrected chi connectivity index (χ3v) is 7.57. The number of nitrogens with one attached hydrogen (secondary N) is 1. The predicted molar refractivity (Wildman–Crippen MR) is 146 cm³/mol. The van der Waals surface area contributed by atoms with E-state index < -0.39 is 0 Å². The van der Waals surface area contributed by atoms with Gasteiger partial charge >= 0.3 is 0 Å². The molecule has 0 amide bonds. The first kappa shape index (κ1) is 21.8. The van der Waals surface area contributed by atoms with Crippen LogP contribution < -0.4 is 20.9 Å². The van der Waals surface area contributed by atoms with E-state index in [0.29, 0.717) is 12.2 Å². The average molecular weight is 486 g/mol. The zero-order chi connectivity index (χ0) is 24.8. The van der Waals surface area contributed by atoms with Crippen LogP contribution in [0.15, 0.2) is 120 Å². The van der Waals surface area contributed by atoms with Crippen LogP contribution in [0.25, 0.3) is 5.65 Å². The molecule has 3 aromatic carbocycles. The topological polar surface area (TPSA) is 52.9 Å². The first-order valence-corrected chi connectivity index (χ1v) is 12.7. The Labute approximate surface area is 215 Å². The summed E-state index contributed by atoms with van der Waals surface area (Å²) in [5.41, 5.74) is 8.65. The van der Waals surface area contributed by atoms with Crippen LogP contribution in [0.2, 0.25) is 0 Å². The van der Waals surface area contributed by atoms with Gasteiger partial charge in [-0.1, -0.05) is 84.9 Å². The van der Waals surface area contributed by atoms with E-state index in [1.54, 1.807) is 4.40 Å². The van der Waals surface area contributed by atoms with Gasteiger partial charge in [-0.2, -0.15) is 0 Å². The van der Waals surface area contributed by atoms with Gasteiger partial charge in [-0.05, 0) is 35.4 Å². The van der Waals surface area contributed by atoms with Crippen LogP contribution in [0.5, 0.6) is 0 Å². The lowest BCUT2D eigenvalue weighted by Gasteiger charge is -2.38. The minimum absolute atomic E-state index is 0.0115. The molecule has 0 bridgehead atoms. The molecule has 2 aliphatic rings.